The number of aromatic amines is 1. The second-order valence-electron chi connectivity index (χ2n) is 7.09. The van der Waals surface area contributed by atoms with Crippen molar-refractivity contribution < 1.29 is 31.1 Å². The Morgan fingerprint density at radius 3 is 2.58 bits per heavy atom. The van der Waals surface area contributed by atoms with Crippen LogP contribution in [0.2, 0.25) is 0 Å². The van der Waals surface area contributed by atoms with Gasteiger partial charge in [0.15, 0.2) is 5.78 Å². The number of aromatic nitrogens is 4. The summed E-state index contributed by atoms with van der Waals surface area (Å²) in [5, 5.41) is 4.72. The number of hydrogen-bond acceptors (Lipinski definition) is 6. The summed E-state index contributed by atoms with van der Waals surface area (Å²) >= 11 is 0. The predicted molar refractivity (Wildman–Crippen MR) is 97.7 cm³/mol. The Hall–Kier alpha value is -3.38. The van der Waals surface area contributed by atoms with Crippen LogP contribution in [0.25, 0.3) is 11.0 Å². The van der Waals surface area contributed by atoms with Gasteiger partial charge in [0.25, 0.3) is 5.92 Å². The third-order valence-corrected chi connectivity index (χ3v) is 4.71. The fraction of sp³-hybridized carbons (Fsp3) is 0.333. The van der Waals surface area contributed by atoms with Crippen LogP contribution >= 0.6 is 0 Å². The van der Waals surface area contributed by atoms with Crippen molar-refractivity contribution in [1.82, 2.24) is 19.9 Å². The van der Waals surface area contributed by atoms with Crippen LogP contribution in [-0.4, -0.2) is 50.4 Å². The van der Waals surface area contributed by atoms with Gasteiger partial charge in [0, 0.05) is 25.1 Å². The second kappa shape index (κ2) is 7.39. The van der Waals surface area contributed by atoms with Gasteiger partial charge in [-0.15, -0.1) is 0 Å². The molecule has 3 aromatic heterocycles. The quantitative estimate of drug-likeness (QED) is 0.303. The molecule has 7 nitrogen and oxygen atoms in total. The number of alkyl halides is 5. The van der Waals surface area contributed by atoms with E-state index in [2.05, 4.69) is 30.6 Å². The normalized spacial score (nSPS) is 16.2. The molecule has 3 heterocycles. The zero-order valence-corrected chi connectivity index (χ0v) is 15.5. The van der Waals surface area contributed by atoms with E-state index >= 15 is 0 Å². The van der Waals surface area contributed by atoms with Crippen LogP contribution in [0, 0.1) is 5.95 Å². The Kier molecular flexibility index (Phi) is 4.98. The van der Waals surface area contributed by atoms with Gasteiger partial charge in [0.2, 0.25) is 5.95 Å². The number of pyridine rings is 1. The highest BCUT2D eigenvalue weighted by Crippen LogP contribution is 2.39. The molecule has 0 saturated heterocycles. The Morgan fingerprint density at radius 1 is 1.19 bits per heavy atom. The first kappa shape index (κ1) is 20.9. The van der Waals surface area contributed by atoms with Crippen molar-refractivity contribution in [3.8, 4) is 0 Å². The molecule has 1 aliphatic rings. The maximum atomic E-state index is 14.5. The van der Waals surface area contributed by atoms with Gasteiger partial charge >= 0.3 is 6.18 Å². The molecule has 0 radical (unpaired) electrons. The molecule has 3 aromatic rings. The van der Waals surface area contributed by atoms with E-state index in [0.29, 0.717) is 0 Å². The van der Waals surface area contributed by atoms with Crippen LogP contribution in [0.1, 0.15) is 28.8 Å². The smallest absolute Gasteiger partial charge is 0.367 e. The average molecular weight is 444 g/mol. The van der Waals surface area contributed by atoms with Crippen LogP contribution in [0.3, 0.4) is 0 Å². The van der Waals surface area contributed by atoms with Crippen molar-refractivity contribution in [2.45, 2.75) is 31.0 Å². The number of anilines is 2. The summed E-state index contributed by atoms with van der Waals surface area (Å²) in [4.78, 5) is 26.7. The lowest BCUT2D eigenvalue weighted by atomic mass is 9.88. The van der Waals surface area contributed by atoms with E-state index in [9.17, 15) is 31.1 Å². The summed E-state index contributed by atoms with van der Waals surface area (Å²) in [6.07, 6.45) is -3.14. The average Bonchev–Trinajstić information content (AvgIpc) is 3.08. The van der Waals surface area contributed by atoms with E-state index in [0.717, 1.165) is 12.4 Å². The fourth-order valence-corrected chi connectivity index (χ4v) is 3.26. The van der Waals surface area contributed by atoms with E-state index in [1.54, 1.807) is 0 Å². The molecular weight excluding hydrogens is 430 g/mol. The second-order valence-corrected chi connectivity index (χ2v) is 7.09. The molecule has 0 atom stereocenters. The number of carbonyl (C=O) groups excluding carboxylic acids is 1. The molecule has 31 heavy (non-hydrogen) atoms. The molecule has 1 aliphatic carbocycles. The lowest BCUT2D eigenvalue weighted by Crippen LogP contribution is -2.44. The summed E-state index contributed by atoms with van der Waals surface area (Å²) in [5.74, 6) is -5.03. The summed E-state index contributed by atoms with van der Waals surface area (Å²) in [6, 6.07) is 1.83. The van der Waals surface area contributed by atoms with Gasteiger partial charge < -0.3 is 15.6 Å². The topological polar surface area (TPSA) is 95.6 Å². The number of H-pyrrole nitrogens is 1. The van der Waals surface area contributed by atoms with Crippen LogP contribution in [0.4, 0.5) is 38.0 Å². The van der Waals surface area contributed by atoms with E-state index in [-0.39, 0.29) is 28.2 Å². The van der Waals surface area contributed by atoms with Gasteiger partial charge in [-0.25, -0.2) is 23.7 Å². The number of halogens is 6. The Labute approximate surface area is 170 Å². The summed E-state index contributed by atoms with van der Waals surface area (Å²) in [7, 11) is 0. The summed E-state index contributed by atoms with van der Waals surface area (Å²) in [5.41, 5.74) is -0.517. The van der Waals surface area contributed by atoms with Gasteiger partial charge in [-0.2, -0.15) is 17.6 Å². The summed E-state index contributed by atoms with van der Waals surface area (Å²) < 4.78 is 78.0. The standard InChI is InChI=1S/C18H14F6N6O/c19-14-9(1-2-11(30-14)29-8-3-17(20,21)4-8)13(31)10-5-25-15-12(10)16(28-7-27-15)26-6-18(22,23)24/h1-2,5,7-8H,3-4,6H2,(H,29,30)(H2,25,26,27,28). The number of nitrogens with zero attached hydrogens (tertiary/aromatic N) is 3. The zero-order valence-electron chi connectivity index (χ0n) is 15.5. The number of nitrogens with one attached hydrogen (secondary N) is 3. The highest BCUT2D eigenvalue weighted by Gasteiger charge is 2.45. The predicted octanol–water partition coefficient (Wildman–Crippen LogP) is 3.91. The molecule has 1 saturated carbocycles. The zero-order chi connectivity index (χ0) is 22.4. The fourth-order valence-electron chi connectivity index (χ4n) is 3.26. The lowest BCUT2D eigenvalue weighted by molar-refractivity contribution is -0.115. The molecule has 0 amide bonds. The Bertz CT molecular complexity index is 1140. The van der Waals surface area contributed by atoms with Crippen molar-refractivity contribution in [2.75, 3.05) is 17.2 Å². The molecule has 0 spiro atoms. The molecule has 164 valence electrons. The van der Waals surface area contributed by atoms with Gasteiger partial charge in [0.1, 0.15) is 30.2 Å². The molecule has 3 N–H and O–H groups in total. The first-order valence-corrected chi connectivity index (χ1v) is 9.01. The molecular formula is C18H14F6N6O. The van der Waals surface area contributed by atoms with Crippen molar-refractivity contribution in [1.29, 1.82) is 0 Å². The molecule has 0 bridgehead atoms. The third-order valence-electron chi connectivity index (χ3n) is 4.71. The number of ketones is 1. The van der Waals surface area contributed by atoms with Crippen molar-refractivity contribution in [3.05, 3.63) is 41.7 Å². The minimum absolute atomic E-state index is 0.00987. The minimum atomic E-state index is -4.53. The highest BCUT2D eigenvalue weighted by atomic mass is 19.4. The van der Waals surface area contributed by atoms with Crippen LogP contribution in [-0.2, 0) is 0 Å². The van der Waals surface area contributed by atoms with Crippen LogP contribution in [0.5, 0.6) is 0 Å². The van der Waals surface area contributed by atoms with Crippen LogP contribution in [0.15, 0.2) is 24.7 Å². The number of carbonyl (C=O) groups is 1. The van der Waals surface area contributed by atoms with E-state index in [1.807, 2.05) is 0 Å². The summed E-state index contributed by atoms with van der Waals surface area (Å²) in [6.45, 7) is -1.39. The molecule has 13 heteroatoms. The van der Waals surface area contributed by atoms with Crippen molar-refractivity contribution >= 4 is 28.5 Å². The maximum Gasteiger partial charge on any atom is 0.405 e. The number of fused-ring (bicyclic) bond motifs is 1. The number of hydrogen-bond donors (Lipinski definition) is 3. The largest absolute Gasteiger partial charge is 0.405 e. The van der Waals surface area contributed by atoms with E-state index < -0.39 is 54.8 Å². The number of rotatable bonds is 6. The van der Waals surface area contributed by atoms with E-state index in [4.69, 9.17) is 0 Å². The Balaban J connectivity index is 1.59. The molecule has 1 fully saturated rings. The SMILES string of the molecule is O=C(c1ccc(NC2CC(F)(F)C2)nc1F)c1c[nH]c2ncnc(NCC(F)(F)F)c12. The van der Waals surface area contributed by atoms with Gasteiger partial charge in [0.05, 0.1) is 16.5 Å². The highest BCUT2D eigenvalue weighted by molar-refractivity contribution is 6.18. The maximum absolute atomic E-state index is 14.5. The van der Waals surface area contributed by atoms with Gasteiger partial charge in [-0.05, 0) is 12.1 Å². The molecule has 4 rings (SSSR count). The Morgan fingerprint density at radius 2 is 1.94 bits per heavy atom. The molecule has 0 unspecified atom stereocenters. The first-order chi connectivity index (χ1) is 14.5. The third kappa shape index (κ3) is 4.39. The molecule has 0 aromatic carbocycles. The monoisotopic (exact) mass is 444 g/mol. The van der Waals surface area contributed by atoms with Gasteiger partial charge in [-0.1, -0.05) is 0 Å². The van der Waals surface area contributed by atoms with Gasteiger partial charge in [-0.3, -0.25) is 4.79 Å². The van der Waals surface area contributed by atoms with Crippen molar-refractivity contribution in [3.63, 3.8) is 0 Å². The minimum Gasteiger partial charge on any atom is -0.367 e. The van der Waals surface area contributed by atoms with E-state index in [1.165, 1.54) is 12.3 Å². The van der Waals surface area contributed by atoms with Crippen LogP contribution < -0.4 is 10.6 Å². The lowest BCUT2D eigenvalue weighted by Gasteiger charge is -2.35. The molecule has 0 aliphatic heterocycles. The van der Waals surface area contributed by atoms with Crippen molar-refractivity contribution in [2.24, 2.45) is 0 Å². The first-order valence-electron chi connectivity index (χ1n) is 9.01.